The molecule has 4 rings (SSSR count). The van der Waals surface area contributed by atoms with Crippen LogP contribution in [0.2, 0.25) is 0 Å². The van der Waals surface area contributed by atoms with Gasteiger partial charge in [-0.05, 0) is 32.9 Å². The third-order valence-corrected chi connectivity index (χ3v) is 7.69. The van der Waals surface area contributed by atoms with E-state index >= 15 is 0 Å². The van der Waals surface area contributed by atoms with E-state index in [0.29, 0.717) is 5.52 Å². The Bertz CT molecular complexity index is 1350. The normalized spacial score (nSPS) is 25.2. The molecule has 2 aromatic heterocycles. The molecule has 1 aromatic carbocycles. The van der Waals surface area contributed by atoms with E-state index in [2.05, 4.69) is 20.0 Å². The summed E-state index contributed by atoms with van der Waals surface area (Å²) in [5, 5.41) is 13.6. The van der Waals surface area contributed by atoms with Crippen LogP contribution in [-0.2, 0) is 23.4 Å². The summed E-state index contributed by atoms with van der Waals surface area (Å²) in [4.78, 5) is 24.7. The molecule has 1 aliphatic rings. The number of nitrogens with zero attached hydrogens (tertiary/aromatic N) is 4. The Labute approximate surface area is 224 Å². The molecule has 3 aromatic rings. The van der Waals surface area contributed by atoms with Crippen molar-refractivity contribution >= 4 is 30.8 Å². The molecule has 0 amide bonds. The fourth-order valence-corrected chi connectivity index (χ4v) is 5.59. The van der Waals surface area contributed by atoms with Gasteiger partial charge in [0.1, 0.15) is 24.0 Å². The molecular weight excluding hydrogens is 533 g/mol. The highest BCUT2D eigenvalue weighted by molar-refractivity contribution is 7.52. The van der Waals surface area contributed by atoms with Gasteiger partial charge in [-0.15, -0.1) is 0 Å². The fourth-order valence-electron chi connectivity index (χ4n) is 4.09. The topological polar surface area (TPSA) is 208 Å². The number of aromatic nitrogens is 4. The van der Waals surface area contributed by atoms with Crippen molar-refractivity contribution in [2.75, 3.05) is 26.1 Å². The third-order valence-electron chi connectivity index (χ3n) is 6.05. The lowest BCUT2D eigenvalue weighted by Crippen LogP contribution is -2.52. The third kappa shape index (κ3) is 5.98. The highest BCUT2D eigenvalue weighted by Crippen LogP contribution is 2.47. The zero-order valence-corrected chi connectivity index (χ0v) is 22.8. The minimum Gasteiger partial charge on any atom is -0.479 e. The summed E-state index contributed by atoms with van der Waals surface area (Å²) in [6.07, 6.45) is -1.91. The van der Waals surface area contributed by atoms with E-state index in [1.807, 2.05) is 0 Å². The van der Waals surface area contributed by atoms with Gasteiger partial charge in [-0.2, -0.15) is 15.1 Å². The van der Waals surface area contributed by atoms with Crippen LogP contribution in [0.25, 0.3) is 11.2 Å². The minimum atomic E-state index is -4.19. The summed E-state index contributed by atoms with van der Waals surface area (Å²) in [5.41, 5.74) is 11.5. The number of aliphatic hydroxyl groups excluding tert-OH is 1. The maximum Gasteiger partial charge on any atom is 0.459 e. The van der Waals surface area contributed by atoms with E-state index < -0.39 is 50.3 Å². The molecule has 6 atom stereocenters. The standard InChI is InChI=1S/C23H32N7O8P/c1-5-35-20(32)13(2)29-39(33,38-14-9-7-6-8-10-14)36-11-15-17(31)23(3,25)21(37-15)30-12-26-16-18(30)27-22(24)28-19(16)34-4/h6-10,12-13,15,17,21,31H,5,11,25H2,1-4H3,(H,29,33)(H2,24,27,28)/t13-,15+,17?,21+,23+,39?/m0/s1. The first-order chi connectivity index (χ1) is 18.5. The average Bonchev–Trinajstić information content (AvgIpc) is 3.40. The summed E-state index contributed by atoms with van der Waals surface area (Å²) in [5.74, 6) is -0.309. The molecule has 16 heteroatoms. The average molecular weight is 566 g/mol. The number of esters is 1. The lowest BCUT2D eigenvalue weighted by Gasteiger charge is -2.28. The summed E-state index contributed by atoms with van der Waals surface area (Å²) >= 11 is 0. The monoisotopic (exact) mass is 565 g/mol. The van der Waals surface area contributed by atoms with Crippen LogP contribution in [-0.4, -0.2) is 74.7 Å². The molecule has 0 radical (unpaired) electrons. The number of methoxy groups -OCH3 is 1. The largest absolute Gasteiger partial charge is 0.479 e. The first kappa shape index (κ1) is 28.7. The molecule has 3 heterocycles. The van der Waals surface area contributed by atoms with Crippen LogP contribution < -0.4 is 25.8 Å². The number of benzene rings is 1. The van der Waals surface area contributed by atoms with E-state index in [1.165, 1.54) is 24.9 Å². The van der Waals surface area contributed by atoms with Gasteiger partial charge >= 0.3 is 13.7 Å². The van der Waals surface area contributed by atoms with Crippen molar-refractivity contribution in [2.45, 2.75) is 50.8 Å². The molecule has 2 unspecified atom stereocenters. The Kier molecular flexibility index (Phi) is 8.39. The van der Waals surface area contributed by atoms with Gasteiger partial charge in [0.25, 0.3) is 0 Å². The van der Waals surface area contributed by atoms with Crippen LogP contribution in [0, 0.1) is 0 Å². The lowest BCUT2D eigenvalue weighted by molar-refractivity contribution is -0.144. The zero-order chi connectivity index (χ0) is 28.4. The Morgan fingerprint density at radius 2 is 2.05 bits per heavy atom. The quantitative estimate of drug-likeness (QED) is 0.190. The van der Waals surface area contributed by atoms with Gasteiger partial charge in [-0.25, -0.2) is 9.55 Å². The van der Waals surface area contributed by atoms with E-state index in [1.54, 1.807) is 44.2 Å². The van der Waals surface area contributed by atoms with Gasteiger partial charge in [-0.3, -0.25) is 13.9 Å². The van der Waals surface area contributed by atoms with Gasteiger partial charge < -0.3 is 35.3 Å². The van der Waals surface area contributed by atoms with Crippen molar-refractivity contribution in [3.63, 3.8) is 0 Å². The van der Waals surface area contributed by atoms with Crippen molar-refractivity contribution in [3.8, 4) is 11.6 Å². The number of anilines is 1. The maximum atomic E-state index is 13.7. The molecule has 39 heavy (non-hydrogen) atoms. The zero-order valence-electron chi connectivity index (χ0n) is 21.9. The Morgan fingerprint density at radius 1 is 1.33 bits per heavy atom. The smallest absolute Gasteiger partial charge is 0.459 e. The number of ether oxygens (including phenoxy) is 3. The van der Waals surface area contributed by atoms with Crippen molar-refractivity contribution in [1.82, 2.24) is 24.6 Å². The number of hydrogen-bond donors (Lipinski definition) is 4. The summed E-state index contributed by atoms with van der Waals surface area (Å²) in [7, 11) is -2.77. The van der Waals surface area contributed by atoms with Crippen LogP contribution in [0.1, 0.15) is 27.0 Å². The second-order valence-electron chi connectivity index (χ2n) is 9.05. The number of rotatable bonds is 11. The molecular formula is C23H32N7O8P. The number of nitrogens with one attached hydrogen (secondary N) is 1. The maximum absolute atomic E-state index is 13.7. The van der Waals surface area contributed by atoms with Crippen molar-refractivity contribution < 1.29 is 37.7 Å². The first-order valence-electron chi connectivity index (χ1n) is 12.1. The fraction of sp³-hybridized carbons (Fsp3) is 0.478. The Balaban J connectivity index is 1.57. The second-order valence-corrected chi connectivity index (χ2v) is 10.7. The highest BCUT2D eigenvalue weighted by Gasteiger charge is 2.53. The SMILES string of the molecule is CCOC(=O)[C@H](C)NP(=O)(OC[C@H]1O[C@@H](n2cnc3c(OC)nc(N)nc32)[C@](C)(N)C1O)Oc1ccccc1. The molecule has 6 N–H and O–H groups in total. The Morgan fingerprint density at radius 3 is 2.72 bits per heavy atom. The molecule has 0 saturated carbocycles. The molecule has 0 bridgehead atoms. The van der Waals surface area contributed by atoms with Gasteiger partial charge in [-0.1, -0.05) is 18.2 Å². The van der Waals surface area contributed by atoms with E-state index in [9.17, 15) is 14.5 Å². The van der Waals surface area contributed by atoms with Gasteiger partial charge in [0.05, 0.1) is 32.2 Å². The number of carbonyl (C=O) groups is 1. The summed E-state index contributed by atoms with van der Waals surface area (Å²) in [6.45, 7) is 4.42. The van der Waals surface area contributed by atoms with Crippen LogP contribution in [0.3, 0.4) is 0 Å². The number of fused-ring (bicyclic) bond motifs is 1. The predicted molar refractivity (Wildman–Crippen MR) is 139 cm³/mol. The second kappa shape index (κ2) is 11.4. The van der Waals surface area contributed by atoms with Crippen LogP contribution in [0.4, 0.5) is 5.95 Å². The number of carbonyl (C=O) groups excluding carboxylic acids is 1. The molecule has 1 saturated heterocycles. The number of nitrogens with two attached hydrogens (primary N) is 2. The number of imidazole rings is 1. The Hall–Kier alpha value is -3.33. The number of nitrogen functional groups attached to an aromatic ring is 1. The van der Waals surface area contributed by atoms with Crippen LogP contribution in [0.15, 0.2) is 36.7 Å². The van der Waals surface area contributed by atoms with E-state index in [4.69, 9.17) is 34.7 Å². The van der Waals surface area contributed by atoms with Crippen LogP contribution >= 0.6 is 7.75 Å². The number of para-hydroxylation sites is 1. The molecule has 0 aliphatic carbocycles. The number of hydrogen-bond acceptors (Lipinski definition) is 13. The van der Waals surface area contributed by atoms with Gasteiger partial charge in [0, 0.05) is 0 Å². The number of aliphatic hydroxyl groups is 1. The molecule has 212 valence electrons. The van der Waals surface area contributed by atoms with E-state index in [-0.39, 0.29) is 29.8 Å². The summed E-state index contributed by atoms with van der Waals surface area (Å²) in [6, 6.07) is 7.25. The summed E-state index contributed by atoms with van der Waals surface area (Å²) < 4.78 is 42.8. The minimum absolute atomic E-state index is 0.0564. The lowest BCUT2D eigenvalue weighted by atomic mass is 9.93. The molecule has 0 spiro atoms. The van der Waals surface area contributed by atoms with E-state index in [0.717, 1.165) is 0 Å². The molecule has 15 nitrogen and oxygen atoms in total. The van der Waals surface area contributed by atoms with Crippen molar-refractivity contribution in [3.05, 3.63) is 36.7 Å². The van der Waals surface area contributed by atoms with Crippen molar-refractivity contribution in [2.24, 2.45) is 5.73 Å². The van der Waals surface area contributed by atoms with Crippen LogP contribution in [0.5, 0.6) is 11.6 Å². The molecule has 1 aliphatic heterocycles. The first-order valence-corrected chi connectivity index (χ1v) is 13.6. The van der Waals surface area contributed by atoms with Crippen molar-refractivity contribution in [1.29, 1.82) is 0 Å². The van der Waals surface area contributed by atoms with Gasteiger partial charge in [0.15, 0.2) is 17.4 Å². The van der Waals surface area contributed by atoms with Gasteiger partial charge in [0.2, 0.25) is 11.8 Å². The highest BCUT2D eigenvalue weighted by atomic mass is 31.2. The predicted octanol–water partition coefficient (Wildman–Crippen LogP) is 1.14. The molecule has 1 fully saturated rings.